The fraction of sp³-hybridized carbons (Fsp3) is 0.308. The van der Waals surface area contributed by atoms with E-state index in [1.807, 2.05) is 0 Å². The molecule has 0 aromatic heterocycles. The van der Waals surface area contributed by atoms with Crippen molar-refractivity contribution < 1.29 is 15.0 Å². The van der Waals surface area contributed by atoms with Gasteiger partial charge < -0.3 is 20.4 Å². The Labute approximate surface area is 105 Å². The molecule has 0 radical (unpaired) electrons. The standard InChI is InChI=1S/C13H16N2O3/c16-11-3-1-10(9-12(11)17)2-4-13(18)15-7-5-14-6-8-15/h1-4,9,14,16-17H,5-8H2/b4-2+. The highest BCUT2D eigenvalue weighted by Crippen LogP contribution is 2.25. The van der Waals surface area contributed by atoms with Gasteiger partial charge in [-0.15, -0.1) is 0 Å². The monoisotopic (exact) mass is 248 g/mol. The van der Waals surface area contributed by atoms with Crippen LogP contribution >= 0.6 is 0 Å². The van der Waals surface area contributed by atoms with E-state index >= 15 is 0 Å². The van der Waals surface area contributed by atoms with E-state index < -0.39 is 0 Å². The fourth-order valence-corrected chi connectivity index (χ4v) is 1.80. The Bertz CT molecular complexity index is 465. The van der Waals surface area contributed by atoms with Gasteiger partial charge in [-0.25, -0.2) is 0 Å². The maximum absolute atomic E-state index is 11.8. The minimum Gasteiger partial charge on any atom is -0.504 e. The second kappa shape index (κ2) is 5.55. The van der Waals surface area contributed by atoms with E-state index in [1.165, 1.54) is 18.2 Å². The molecule has 0 saturated carbocycles. The molecule has 5 nitrogen and oxygen atoms in total. The topological polar surface area (TPSA) is 72.8 Å². The minimum atomic E-state index is -0.188. The predicted molar refractivity (Wildman–Crippen MR) is 68.3 cm³/mol. The molecule has 1 aromatic carbocycles. The molecule has 2 rings (SSSR count). The fourth-order valence-electron chi connectivity index (χ4n) is 1.80. The maximum Gasteiger partial charge on any atom is 0.246 e. The van der Waals surface area contributed by atoms with E-state index in [1.54, 1.807) is 17.0 Å². The lowest BCUT2D eigenvalue weighted by molar-refractivity contribution is -0.126. The van der Waals surface area contributed by atoms with Crippen LogP contribution in [0.15, 0.2) is 24.3 Å². The summed E-state index contributed by atoms with van der Waals surface area (Å²) in [6.45, 7) is 3.06. The summed E-state index contributed by atoms with van der Waals surface area (Å²) in [6.07, 6.45) is 3.11. The number of aromatic hydroxyl groups is 2. The number of rotatable bonds is 2. The highest BCUT2D eigenvalue weighted by Gasteiger charge is 2.13. The smallest absolute Gasteiger partial charge is 0.246 e. The highest BCUT2D eigenvalue weighted by atomic mass is 16.3. The number of nitrogens with one attached hydrogen (secondary N) is 1. The normalized spacial score (nSPS) is 16.1. The third kappa shape index (κ3) is 3.01. The molecule has 1 saturated heterocycles. The largest absolute Gasteiger partial charge is 0.504 e. The van der Waals surface area contributed by atoms with Crippen molar-refractivity contribution in [2.75, 3.05) is 26.2 Å². The van der Waals surface area contributed by atoms with Gasteiger partial charge in [0.2, 0.25) is 5.91 Å². The van der Waals surface area contributed by atoms with Crippen LogP contribution in [0, 0.1) is 0 Å². The number of carbonyl (C=O) groups is 1. The van der Waals surface area contributed by atoms with Crippen LogP contribution in [0.25, 0.3) is 6.08 Å². The first-order chi connectivity index (χ1) is 8.66. The van der Waals surface area contributed by atoms with Gasteiger partial charge in [0.15, 0.2) is 11.5 Å². The van der Waals surface area contributed by atoms with Crippen molar-refractivity contribution in [2.45, 2.75) is 0 Å². The van der Waals surface area contributed by atoms with Gasteiger partial charge in [-0.3, -0.25) is 4.79 Å². The van der Waals surface area contributed by atoms with E-state index in [2.05, 4.69) is 5.32 Å². The second-order valence-electron chi connectivity index (χ2n) is 4.16. The lowest BCUT2D eigenvalue weighted by atomic mass is 10.2. The lowest BCUT2D eigenvalue weighted by Gasteiger charge is -2.26. The maximum atomic E-state index is 11.8. The zero-order valence-electron chi connectivity index (χ0n) is 9.97. The molecular weight excluding hydrogens is 232 g/mol. The Morgan fingerprint density at radius 1 is 1.22 bits per heavy atom. The first-order valence-corrected chi connectivity index (χ1v) is 5.86. The van der Waals surface area contributed by atoms with Gasteiger partial charge in [0.1, 0.15) is 0 Å². The number of benzene rings is 1. The van der Waals surface area contributed by atoms with Crippen molar-refractivity contribution in [1.82, 2.24) is 10.2 Å². The molecule has 3 N–H and O–H groups in total. The van der Waals surface area contributed by atoms with Crippen LogP contribution in [0.4, 0.5) is 0 Å². The van der Waals surface area contributed by atoms with Crippen molar-refractivity contribution in [3.05, 3.63) is 29.8 Å². The summed E-state index contributed by atoms with van der Waals surface area (Å²) in [5, 5.41) is 21.7. The Balaban J connectivity index is 2.01. The molecule has 0 atom stereocenters. The first-order valence-electron chi connectivity index (χ1n) is 5.86. The van der Waals surface area contributed by atoms with Crippen LogP contribution in [0.5, 0.6) is 11.5 Å². The second-order valence-corrected chi connectivity index (χ2v) is 4.16. The molecular formula is C13H16N2O3. The van der Waals surface area contributed by atoms with Crippen LogP contribution < -0.4 is 5.32 Å². The van der Waals surface area contributed by atoms with Gasteiger partial charge in [0.25, 0.3) is 0 Å². The highest BCUT2D eigenvalue weighted by molar-refractivity contribution is 5.91. The molecule has 0 bridgehead atoms. The van der Waals surface area contributed by atoms with Crippen LogP contribution in [0.3, 0.4) is 0 Å². The number of phenolic OH excluding ortho intramolecular Hbond substituents is 2. The Hall–Kier alpha value is -2.01. The van der Waals surface area contributed by atoms with E-state index in [0.29, 0.717) is 18.7 Å². The van der Waals surface area contributed by atoms with Gasteiger partial charge in [0.05, 0.1) is 0 Å². The third-order valence-corrected chi connectivity index (χ3v) is 2.85. The predicted octanol–water partition coefficient (Wildman–Crippen LogP) is 0.543. The number of carbonyl (C=O) groups excluding carboxylic acids is 1. The molecule has 1 amide bonds. The van der Waals surface area contributed by atoms with E-state index in [4.69, 9.17) is 5.11 Å². The molecule has 1 aliphatic rings. The Morgan fingerprint density at radius 3 is 2.61 bits per heavy atom. The van der Waals surface area contributed by atoms with Crippen molar-refractivity contribution in [1.29, 1.82) is 0 Å². The molecule has 0 spiro atoms. The SMILES string of the molecule is O=C(/C=C/c1ccc(O)c(O)c1)N1CCNCC1. The van der Waals surface area contributed by atoms with Crippen molar-refractivity contribution in [3.8, 4) is 11.5 Å². The molecule has 1 heterocycles. The number of hydrogen-bond donors (Lipinski definition) is 3. The Kier molecular flexibility index (Phi) is 3.84. The molecule has 18 heavy (non-hydrogen) atoms. The van der Waals surface area contributed by atoms with Crippen LogP contribution in [0.1, 0.15) is 5.56 Å². The van der Waals surface area contributed by atoms with E-state index in [9.17, 15) is 9.90 Å². The van der Waals surface area contributed by atoms with Gasteiger partial charge in [0, 0.05) is 32.3 Å². The Morgan fingerprint density at radius 2 is 1.94 bits per heavy atom. The third-order valence-electron chi connectivity index (χ3n) is 2.85. The summed E-state index contributed by atoms with van der Waals surface area (Å²) in [5.74, 6) is -0.392. The summed E-state index contributed by atoms with van der Waals surface area (Å²) < 4.78 is 0. The zero-order chi connectivity index (χ0) is 13.0. The number of phenols is 2. The first kappa shape index (κ1) is 12.4. The van der Waals surface area contributed by atoms with Crippen LogP contribution in [0.2, 0.25) is 0 Å². The van der Waals surface area contributed by atoms with E-state index in [-0.39, 0.29) is 17.4 Å². The summed E-state index contributed by atoms with van der Waals surface area (Å²) in [5.41, 5.74) is 0.675. The van der Waals surface area contributed by atoms with Crippen molar-refractivity contribution in [3.63, 3.8) is 0 Å². The molecule has 1 aliphatic heterocycles. The lowest BCUT2D eigenvalue weighted by Crippen LogP contribution is -2.45. The van der Waals surface area contributed by atoms with Gasteiger partial charge in [-0.1, -0.05) is 6.07 Å². The average molecular weight is 248 g/mol. The quantitative estimate of drug-likeness (QED) is 0.527. The van der Waals surface area contributed by atoms with Crippen molar-refractivity contribution in [2.24, 2.45) is 0 Å². The average Bonchev–Trinajstić information content (AvgIpc) is 2.41. The molecule has 1 aromatic rings. The minimum absolute atomic E-state index is 0.0379. The molecule has 96 valence electrons. The number of piperazine rings is 1. The van der Waals surface area contributed by atoms with Gasteiger partial charge in [-0.2, -0.15) is 0 Å². The van der Waals surface area contributed by atoms with Gasteiger partial charge in [-0.05, 0) is 23.8 Å². The molecule has 0 aliphatic carbocycles. The van der Waals surface area contributed by atoms with E-state index in [0.717, 1.165) is 13.1 Å². The summed E-state index contributed by atoms with van der Waals surface area (Å²) >= 11 is 0. The van der Waals surface area contributed by atoms with Crippen LogP contribution in [-0.4, -0.2) is 47.2 Å². The summed E-state index contributed by atoms with van der Waals surface area (Å²) in [4.78, 5) is 13.6. The summed E-state index contributed by atoms with van der Waals surface area (Å²) in [7, 11) is 0. The summed E-state index contributed by atoms with van der Waals surface area (Å²) in [6, 6.07) is 4.44. The van der Waals surface area contributed by atoms with Gasteiger partial charge >= 0.3 is 0 Å². The number of nitrogens with zero attached hydrogens (tertiary/aromatic N) is 1. The molecule has 1 fully saturated rings. The molecule has 0 unspecified atom stereocenters. The van der Waals surface area contributed by atoms with Crippen LogP contribution in [-0.2, 0) is 4.79 Å². The number of amides is 1. The molecule has 5 heteroatoms. The van der Waals surface area contributed by atoms with Crippen molar-refractivity contribution >= 4 is 12.0 Å². The number of hydrogen-bond acceptors (Lipinski definition) is 4. The zero-order valence-corrected chi connectivity index (χ0v) is 9.97.